The Bertz CT molecular complexity index is 949. The molecule has 4 rings (SSSR count). The number of aromatic hydroxyl groups is 1. The van der Waals surface area contributed by atoms with E-state index < -0.39 is 5.92 Å². The van der Waals surface area contributed by atoms with Crippen LogP contribution in [-0.4, -0.2) is 18.1 Å². The van der Waals surface area contributed by atoms with Gasteiger partial charge in [-0.25, -0.2) is 0 Å². The summed E-state index contributed by atoms with van der Waals surface area (Å²) in [4.78, 5) is 15.2. The maximum absolute atomic E-state index is 13.1. The Labute approximate surface area is 152 Å². The minimum atomic E-state index is -0.493. The zero-order valence-electron chi connectivity index (χ0n) is 14.6. The van der Waals surface area contributed by atoms with Gasteiger partial charge in [-0.3, -0.25) is 4.79 Å². The molecule has 0 aliphatic carbocycles. The van der Waals surface area contributed by atoms with Crippen LogP contribution in [0.1, 0.15) is 22.6 Å². The molecule has 0 radical (unpaired) electrons. The third kappa shape index (κ3) is 2.60. The summed E-state index contributed by atoms with van der Waals surface area (Å²) in [6.45, 7) is 1.77. The highest BCUT2D eigenvalue weighted by atomic mass is 16.5. The van der Waals surface area contributed by atoms with E-state index in [2.05, 4.69) is 4.90 Å². The minimum absolute atomic E-state index is 0.180. The zero-order chi connectivity index (χ0) is 18.3. The Balaban J connectivity index is 1.77. The molecule has 0 fully saturated rings. The number of carbonyl (C=O) groups is 1. The van der Waals surface area contributed by atoms with Gasteiger partial charge in [-0.2, -0.15) is 0 Å². The van der Waals surface area contributed by atoms with Crippen molar-refractivity contribution in [2.75, 3.05) is 11.9 Å². The van der Waals surface area contributed by atoms with E-state index in [-0.39, 0.29) is 11.7 Å². The highest BCUT2D eigenvalue weighted by Gasteiger charge is 2.34. The van der Waals surface area contributed by atoms with Crippen molar-refractivity contribution in [1.29, 1.82) is 0 Å². The quantitative estimate of drug-likeness (QED) is 0.548. The van der Waals surface area contributed by atoms with Crippen LogP contribution in [0.2, 0.25) is 0 Å². The number of rotatable bonds is 2. The molecule has 0 unspecified atom stereocenters. The number of esters is 1. The first-order valence-electron chi connectivity index (χ1n) is 8.49. The summed E-state index contributed by atoms with van der Waals surface area (Å²) in [5.74, 6) is -0.213. The van der Waals surface area contributed by atoms with Crippen LogP contribution in [0.3, 0.4) is 0 Å². The van der Waals surface area contributed by atoms with Crippen molar-refractivity contribution in [2.45, 2.75) is 12.8 Å². The third-order valence-electron chi connectivity index (χ3n) is 4.84. The van der Waals surface area contributed by atoms with Gasteiger partial charge in [-0.05, 0) is 53.9 Å². The lowest BCUT2D eigenvalue weighted by Crippen LogP contribution is -2.28. The van der Waals surface area contributed by atoms with Crippen LogP contribution in [0, 0.1) is 6.92 Å². The number of aryl methyl sites for hydroxylation is 1. The molecule has 4 heteroatoms. The molecular formula is C22H19NO3. The first-order valence-corrected chi connectivity index (χ1v) is 8.49. The Morgan fingerprint density at radius 1 is 0.962 bits per heavy atom. The number of hydrogen-bond donors (Lipinski definition) is 1. The summed E-state index contributed by atoms with van der Waals surface area (Å²) >= 11 is 0. The molecule has 1 heterocycles. The van der Waals surface area contributed by atoms with Gasteiger partial charge in [0, 0.05) is 18.4 Å². The molecule has 130 valence electrons. The summed E-state index contributed by atoms with van der Waals surface area (Å²) in [5, 5.41) is 9.67. The molecule has 1 aliphatic rings. The van der Waals surface area contributed by atoms with Gasteiger partial charge in [0.25, 0.3) is 0 Å². The lowest BCUT2D eigenvalue weighted by atomic mass is 9.85. The number of para-hydroxylation sites is 2. The number of nitrogens with zero attached hydrogens (tertiary/aromatic N) is 1. The van der Waals surface area contributed by atoms with Gasteiger partial charge in [0.05, 0.1) is 0 Å². The molecule has 0 atom stereocenters. The number of carbonyl (C=O) groups excluding carboxylic acids is 1. The number of phenolic OH excluding ortho intramolecular Hbond substituents is 1. The number of phenols is 1. The van der Waals surface area contributed by atoms with Crippen molar-refractivity contribution in [2.24, 2.45) is 0 Å². The smallest absolute Gasteiger partial charge is 0.323 e. The van der Waals surface area contributed by atoms with Crippen LogP contribution in [0.15, 0.2) is 66.7 Å². The minimum Gasteiger partial charge on any atom is -0.508 e. The zero-order valence-corrected chi connectivity index (χ0v) is 14.6. The predicted molar refractivity (Wildman–Crippen MR) is 101 cm³/mol. The lowest BCUT2D eigenvalue weighted by Gasteiger charge is -2.34. The van der Waals surface area contributed by atoms with Crippen LogP contribution in [0.4, 0.5) is 11.4 Å². The molecule has 0 bridgehead atoms. The number of anilines is 2. The second-order valence-electron chi connectivity index (χ2n) is 6.48. The number of benzene rings is 3. The standard InChI is InChI=1S/C22H19NO3/c1-14-13-15(11-12-20(14)24)26-22(25)21-16-7-3-5-9-18(16)23(2)19-10-6-4-8-17(19)21/h3-13,21,24H,1-2H3. The topological polar surface area (TPSA) is 49.8 Å². The molecule has 0 saturated heterocycles. The van der Waals surface area contributed by atoms with E-state index >= 15 is 0 Å². The summed E-state index contributed by atoms with van der Waals surface area (Å²) in [6.07, 6.45) is 0. The SMILES string of the molecule is Cc1cc(OC(=O)C2c3ccccc3N(C)c3ccccc32)ccc1O. The molecule has 0 aromatic heterocycles. The van der Waals surface area contributed by atoms with E-state index in [0.717, 1.165) is 22.5 Å². The molecule has 4 nitrogen and oxygen atoms in total. The average molecular weight is 345 g/mol. The summed E-state index contributed by atoms with van der Waals surface area (Å²) < 4.78 is 5.67. The first kappa shape index (κ1) is 16.2. The molecular weight excluding hydrogens is 326 g/mol. The van der Waals surface area contributed by atoms with Crippen molar-refractivity contribution >= 4 is 17.3 Å². The fourth-order valence-electron chi connectivity index (χ4n) is 3.49. The molecule has 26 heavy (non-hydrogen) atoms. The molecule has 0 saturated carbocycles. The Morgan fingerprint density at radius 3 is 2.12 bits per heavy atom. The first-order chi connectivity index (χ1) is 12.6. The monoisotopic (exact) mass is 345 g/mol. The van der Waals surface area contributed by atoms with E-state index in [0.29, 0.717) is 11.3 Å². The van der Waals surface area contributed by atoms with Crippen molar-refractivity contribution in [1.82, 2.24) is 0 Å². The molecule has 1 aliphatic heterocycles. The fourth-order valence-corrected chi connectivity index (χ4v) is 3.49. The van der Waals surface area contributed by atoms with Crippen molar-refractivity contribution < 1.29 is 14.6 Å². The van der Waals surface area contributed by atoms with Crippen LogP contribution in [0.5, 0.6) is 11.5 Å². The van der Waals surface area contributed by atoms with Gasteiger partial charge in [-0.1, -0.05) is 36.4 Å². The predicted octanol–water partition coefficient (Wildman–Crippen LogP) is 4.52. The maximum atomic E-state index is 13.1. The van der Waals surface area contributed by atoms with Crippen molar-refractivity contribution in [3.63, 3.8) is 0 Å². The van der Waals surface area contributed by atoms with Gasteiger partial charge >= 0.3 is 5.97 Å². The lowest BCUT2D eigenvalue weighted by molar-refractivity contribution is -0.135. The molecule has 3 aromatic carbocycles. The normalized spacial score (nSPS) is 13.1. The number of hydrogen-bond acceptors (Lipinski definition) is 4. The van der Waals surface area contributed by atoms with Gasteiger partial charge < -0.3 is 14.7 Å². The van der Waals surface area contributed by atoms with Crippen LogP contribution in [0.25, 0.3) is 0 Å². The van der Waals surface area contributed by atoms with E-state index in [1.54, 1.807) is 19.1 Å². The van der Waals surface area contributed by atoms with Crippen molar-refractivity contribution in [3.8, 4) is 11.5 Å². The van der Waals surface area contributed by atoms with Crippen LogP contribution in [-0.2, 0) is 4.79 Å². The Morgan fingerprint density at radius 2 is 1.54 bits per heavy atom. The Hall–Kier alpha value is -3.27. The second kappa shape index (κ2) is 6.23. The molecule has 3 aromatic rings. The maximum Gasteiger partial charge on any atom is 0.323 e. The molecule has 1 N–H and O–H groups in total. The highest BCUT2D eigenvalue weighted by Crippen LogP contribution is 2.45. The largest absolute Gasteiger partial charge is 0.508 e. The van der Waals surface area contributed by atoms with Gasteiger partial charge in [0.2, 0.25) is 0 Å². The third-order valence-corrected chi connectivity index (χ3v) is 4.84. The van der Waals surface area contributed by atoms with E-state index in [9.17, 15) is 9.90 Å². The van der Waals surface area contributed by atoms with Crippen LogP contribution >= 0.6 is 0 Å². The van der Waals surface area contributed by atoms with E-state index in [1.165, 1.54) is 6.07 Å². The summed E-state index contributed by atoms with van der Waals surface area (Å²) in [6, 6.07) is 20.6. The summed E-state index contributed by atoms with van der Waals surface area (Å²) in [7, 11) is 2.00. The number of fused-ring (bicyclic) bond motifs is 2. The van der Waals surface area contributed by atoms with Crippen LogP contribution < -0.4 is 9.64 Å². The van der Waals surface area contributed by atoms with E-state index in [1.807, 2.05) is 55.6 Å². The highest BCUT2D eigenvalue weighted by molar-refractivity contribution is 5.92. The van der Waals surface area contributed by atoms with Gasteiger partial charge in [-0.15, -0.1) is 0 Å². The average Bonchev–Trinajstić information content (AvgIpc) is 2.65. The van der Waals surface area contributed by atoms with Gasteiger partial charge in [0.1, 0.15) is 17.4 Å². The fraction of sp³-hybridized carbons (Fsp3) is 0.136. The van der Waals surface area contributed by atoms with E-state index in [4.69, 9.17) is 4.74 Å². The second-order valence-corrected chi connectivity index (χ2v) is 6.48. The number of ether oxygens (including phenoxy) is 1. The molecule has 0 spiro atoms. The molecule has 0 amide bonds. The van der Waals surface area contributed by atoms with Gasteiger partial charge in [0.15, 0.2) is 0 Å². The Kier molecular flexibility index (Phi) is 3.88. The summed E-state index contributed by atoms with van der Waals surface area (Å²) in [5.41, 5.74) is 4.51. The van der Waals surface area contributed by atoms with Crippen molar-refractivity contribution in [3.05, 3.63) is 83.4 Å².